The molecule has 1 atom stereocenters. The quantitative estimate of drug-likeness (QED) is 0.370. The third-order valence-electron chi connectivity index (χ3n) is 1.11. The van der Waals surface area contributed by atoms with Crippen molar-refractivity contribution in [3.05, 3.63) is 11.9 Å². The van der Waals surface area contributed by atoms with Gasteiger partial charge in [0.15, 0.2) is 6.79 Å². The molecule has 0 aliphatic heterocycles. The number of hydrogen-bond donors (Lipinski definition) is 0. The number of allylic oxidation sites excluding steroid dienone is 1. The molecule has 0 saturated heterocycles. The van der Waals surface area contributed by atoms with Gasteiger partial charge in [-0.3, -0.25) is 9.09 Å². The van der Waals surface area contributed by atoms with E-state index in [1.165, 1.54) is 12.9 Å². The molecule has 0 amide bonds. The summed E-state index contributed by atoms with van der Waals surface area (Å²) >= 11 is 0. The average molecular weight is 194 g/mol. The lowest BCUT2D eigenvalue weighted by molar-refractivity contribution is 0.0155. The number of rotatable bonds is 6. The summed E-state index contributed by atoms with van der Waals surface area (Å²) in [5.74, 6) is 1.39. The summed E-state index contributed by atoms with van der Waals surface area (Å²) in [6.45, 7) is 4.10. The Morgan fingerprint density at radius 1 is 1.50 bits per heavy atom. The molecule has 0 aromatic carbocycles. The molecule has 0 saturated carbocycles. The molecule has 0 heterocycles. The van der Waals surface area contributed by atoms with Gasteiger partial charge in [0.25, 0.3) is 0 Å². The van der Waals surface area contributed by atoms with Crippen molar-refractivity contribution in [2.24, 2.45) is 0 Å². The summed E-state index contributed by atoms with van der Waals surface area (Å²) in [5.41, 5.74) is 0. The lowest BCUT2D eigenvalue weighted by Gasteiger charge is -2.11. The van der Waals surface area contributed by atoms with Crippen molar-refractivity contribution in [3.63, 3.8) is 0 Å². The minimum Gasteiger partial charge on any atom is -0.355 e. The van der Waals surface area contributed by atoms with E-state index in [9.17, 15) is 4.57 Å². The molecular weight excluding hydrogens is 179 g/mol. The van der Waals surface area contributed by atoms with Gasteiger partial charge in [-0.05, 0) is 13.8 Å². The predicted molar refractivity (Wildman–Crippen MR) is 47.0 cm³/mol. The van der Waals surface area contributed by atoms with Gasteiger partial charge >= 0.3 is 7.60 Å². The predicted octanol–water partition coefficient (Wildman–Crippen LogP) is 2.37. The van der Waals surface area contributed by atoms with Gasteiger partial charge in [-0.15, -0.1) is 0 Å². The first kappa shape index (κ1) is 11.8. The van der Waals surface area contributed by atoms with Gasteiger partial charge in [0, 0.05) is 19.5 Å². The summed E-state index contributed by atoms with van der Waals surface area (Å²) in [6, 6.07) is 0. The van der Waals surface area contributed by atoms with Crippen LogP contribution in [0.3, 0.4) is 0 Å². The minimum atomic E-state index is -3.04. The van der Waals surface area contributed by atoms with Crippen LogP contribution in [0.5, 0.6) is 0 Å². The van der Waals surface area contributed by atoms with Gasteiger partial charge in [-0.1, -0.05) is 6.08 Å². The van der Waals surface area contributed by atoms with Crippen LogP contribution >= 0.6 is 7.60 Å². The maximum Gasteiger partial charge on any atom is 0.355 e. The molecule has 0 radical (unpaired) electrons. The Morgan fingerprint density at radius 2 is 2.17 bits per heavy atom. The highest BCUT2D eigenvalue weighted by molar-refractivity contribution is 7.57. The summed E-state index contributed by atoms with van der Waals surface area (Å²) < 4.78 is 25.9. The first-order valence-electron chi connectivity index (χ1n) is 3.70. The Bertz CT molecular complexity index is 178. The molecular formula is C7H15O4P. The van der Waals surface area contributed by atoms with E-state index in [2.05, 4.69) is 0 Å². The fourth-order valence-electron chi connectivity index (χ4n) is 0.533. The highest BCUT2D eigenvalue weighted by Gasteiger charge is 2.17. The zero-order valence-electron chi connectivity index (χ0n) is 7.65. The van der Waals surface area contributed by atoms with Gasteiger partial charge in [0.05, 0.1) is 0 Å². The van der Waals surface area contributed by atoms with Gasteiger partial charge < -0.3 is 9.26 Å². The van der Waals surface area contributed by atoms with Crippen LogP contribution in [0.4, 0.5) is 0 Å². The molecule has 0 N–H and O–H groups in total. The van der Waals surface area contributed by atoms with E-state index in [1.807, 2.05) is 6.92 Å². The van der Waals surface area contributed by atoms with Crippen LogP contribution in [0, 0.1) is 0 Å². The normalized spacial score (nSPS) is 16.6. The van der Waals surface area contributed by atoms with Gasteiger partial charge in [0.1, 0.15) is 0 Å². The maximum absolute atomic E-state index is 11.4. The molecule has 4 nitrogen and oxygen atoms in total. The Labute approximate surface area is 73.0 Å². The van der Waals surface area contributed by atoms with Crippen LogP contribution in [-0.4, -0.2) is 20.5 Å². The van der Waals surface area contributed by atoms with Crippen molar-refractivity contribution in [2.75, 3.05) is 20.5 Å². The van der Waals surface area contributed by atoms with E-state index in [0.717, 1.165) is 0 Å². The topological polar surface area (TPSA) is 44.8 Å². The molecule has 0 aliphatic rings. The van der Waals surface area contributed by atoms with E-state index in [1.54, 1.807) is 13.0 Å². The Hall–Kier alpha value is -0.150. The Balaban J connectivity index is 3.89. The van der Waals surface area contributed by atoms with Gasteiger partial charge in [0.2, 0.25) is 0 Å². The smallest absolute Gasteiger partial charge is 0.355 e. The number of hydrogen-bond acceptors (Lipinski definition) is 4. The second-order valence-corrected chi connectivity index (χ2v) is 3.95. The second kappa shape index (κ2) is 6.38. The van der Waals surface area contributed by atoms with Gasteiger partial charge in [-0.25, -0.2) is 0 Å². The summed E-state index contributed by atoms with van der Waals surface area (Å²) in [4.78, 5) is 0. The molecule has 1 unspecified atom stereocenters. The van der Waals surface area contributed by atoms with Crippen molar-refractivity contribution in [1.82, 2.24) is 0 Å². The lowest BCUT2D eigenvalue weighted by Crippen LogP contribution is -1.97. The standard InChI is InChI=1S/C7H15O4P/c1-4-6-12(8,9-3)11-7-10-5-2/h4,6H,5,7H2,1-3H3/b6-4+. The van der Waals surface area contributed by atoms with Crippen molar-refractivity contribution < 1.29 is 18.3 Å². The minimum absolute atomic E-state index is 0.00798. The van der Waals surface area contributed by atoms with E-state index in [-0.39, 0.29) is 6.79 Å². The van der Waals surface area contributed by atoms with Crippen LogP contribution < -0.4 is 0 Å². The summed E-state index contributed by atoms with van der Waals surface area (Å²) in [6.07, 6.45) is 1.62. The van der Waals surface area contributed by atoms with E-state index >= 15 is 0 Å². The molecule has 0 bridgehead atoms. The molecule has 5 heteroatoms. The number of ether oxygens (including phenoxy) is 1. The van der Waals surface area contributed by atoms with Crippen molar-refractivity contribution in [3.8, 4) is 0 Å². The molecule has 0 aromatic rings. The first-order valence-corrected chi connectivity index (χ1v) is 5.31. The highest BCUT2D eigenvalue weighted by atomic mass is 31.2. The van der Waals surface area contributed by atoms with Gasteiger partial charge in [-0.2, -0.15) is 0 Å². The van der Waals surface area contributed by atoms with Crippen LogP contribution in [0.15, 0.2) is 11.9 Å². The molecule has 12 heavy (non-hydrogen) atoms. The first-order chi connectivity index (χ1) is 5.68. The fraction of sp³-hybridized carbons (Fsp3) is 0.714. The monoisotopic (exact) mass is 194 g/mol. The third kappa shape index (κ3) is 4.67. The zero-order chi connectivity index (χ0) is 9.45. The highest BCUT2D eigenvalue weighted by Crippen LogP contribution is 2.48. The average Bonchev–Trinajstić information content (AvgIpc) is 2.06. The Morgan fingerprint density at radius 3 is 2.58 bits per heavy atom. The maximum atomic E-state index is 11.4. The zero-order valence-corrected chi connectivity index (χ0v) is 8.54. The van der Waals surface area contributed by atoms with Crippen molar-refractivity contribution >= 4 is 7.60 Å². The van der Waals surface area contributed by atoms with E-state index in [0.29, 0.717) is 6.61 Å². The molecule has 0 aromatic heterocycles. The Kier molecular flexibility index (Phi) is 6.30. The molecule has 72 valence electrons. The van der Waals surface area contributed by atoms with E-state index < -0.39 is 7.60 Å². The molecule has 0 aliphatic carbocycles. The van der Waals surface area contributed by atoms with Crippen molar-refractivity contribution in [1.29, 1.82) is 0 Å². The van der Waals surface area contributed by atoms with Crippen LogP contribution in [0.2, 0.25) is 0 Å². The van der Waals surface area contributed by atoms with E-state index in [4.69, 9.17) is 13.8 Å². The van der Waals surface area contributed by atoms with Crippen LogP contribution in [0.1, 0.15) is 13.8 Å². The van der Waals surface area contributed by atoms with Crippen LogP contribution in [-0.2, 0) is 18.3 Å². The third-order valence-corrected chi connectivity index (χ3v) is 2.74. The summed E-state index contributed by atoms with van der Waals surface area (Å²) in [5, 5.41) is 0. The SMILES string of the molecule is C/C=C/P(=O)(OC)OCOCC. The van der Waals surface area contributed by atoms with Crippen LogP contribution in [0.25, 0.3) is 0 Å². The largest absolute Gasteiger partial charge is 0.355 e. The second-order valence-electron chi connectivity index (χ2n) is 1.94. The molecule has 0 spiro atoms. The van der Waals surface area contributed by atoms with Crippen molar-refractivity contribution in [2.45, 2.75) is 13.8 Å². The fourth-order valence-corrected chi connectivity index (χ4v) is 1.43. The molecule has 0 fully saturated rings. The summed E-state index contributed by atoms with van der Waals surface area (Å²) in [7, 11) is -1.70. The molecule has 0 rings (SSSR count). The lowest BCUT2D eigenvalue weighted by atomic mass is 10.8.